The highest BCUT2D eigenvalue weighted by Crippen LogP contribution is 2.30. The van der Waals surface area contributed by atoms with E-state index < -0.39 is 5.91 Å². The van der Waals surface area contributed by atoms with Gasteiger partial charge < -0.3 is 10.7 Å². The van der Waals surface area contributed by atoms with Crippen molar-refractivity contribution in [2.24, 2.45) is 0 Å². The number of hydrogen-bond acceptors (Lipinski definition) is 7. The Kier molecular flexibility index (Phi) is 3.10. The lowest BCUT2D eigenvalue weighted by Gasteiger charge is -2.00. The Morgan fingerprint density at radius 1 is 1.38 bits per heavy atom. The average Bonchev–Trinajstić information content (AvgIpc) is 3.19. The number of nitrogens with zero attached hydrogens (tertiary/aromatic N) is 5. The number of aromatic nitrogens is 6. The number of fused-ring (bicyclic) bond motifs is 2. The minimum atomic E-state index is -0.623. The van der Waals surface area contributed by atoms with Crippen LogP contribution in [-0.2, 0) is 11.3 Å². The van der Waals surface area contributed by atoms with Crippen molar-refractivity contribution in [2.45, 2.75) is 6.54 Å². The molecule has 5 N–H and O–H groups in total. The van der Waals surface area contributed by atoms with E-state index in [1.807, 2.05) is 12.1 Å². The summed E-state index contributed by atoms with van der Waals surface area (Å²) in [4.78, 5) is 27.0. The normalized spacial score (nSPS) is 11.2. The first-order valence-electron chi connectivity index (χ1n) is 7.01. The van der Waals surface area contributed by atoms with Crippen LogP contribution in [-0.4, -0.2) is 40.8 Å². The van der Waals surface area contributed by atoms with E-state index in [0.717, 1.165) is 16.6 Å². The summed E-state index contributed by atoms with van der Waals surface area (Å²) < 4.78 is 1.36. The Labute approximate surface area is 134 Å². The summed E-state index contributed by atoms with van der Waals surface area (Å²) >= 11 is 0. The quantitative estimate of drug-likeness (QED) is 0.316. The van der Waals surface area contributed by atoms with Crippen LogP contribution in [0.3, 0.4) is 0 Å². The van der Waals surface area contributed by atoms with Gasteiger partial charge in [-0.05, 0) is 12.1 Å². The van der Waals surface area contributed by atoms with Crippen LogP contribution in [0.2, 0.25) is 0 Å². The fraction of sp³-hybridized carbons (Fsp3) is 0.0714. The van der Waals surface area contributed by atoms with Gasteiger partial charge >= 0.3 is 0 Å². The van der Waals surface area contributed by atoms with Gasteiger partial charge in [0.25, 0.3) is 5.91 Å². The molecule has 0 saturated heterocycles. The molecule has 4 aromatic rings. The number of carbonyl (C=O) groups excluding carboxylic acids is 1. The van der Waals surface area contributed by atoms with Crippen LogP contribution in [0.15, 0.2) is 30.9 Å². The molecule has 24 heavy (non-hydrogen) atoms. The summed E-state index contributed by atoms with van der Waals surface area (Å²) in [5.41, 5.74) is 9.95. The van der Waals surface area contributed by atoms with Gasteiger partial charge in [-0.15, -0.1) is 0 Å². The standard InChI is InChI=1S/C14H12N8O2/c15-12-10-11(8-3-7-1-2-16-13(7)17-4-8)20-22(5-9(23)21-24)14(10)19-6-18-12/h1-4,6,24H,5H2,(H,16,17)(H,21,23)(H2,15,18,19). The van der Waals surface area contributed by atoms with Crippen LogP contribution in [0.5, 0.6) is 0 Å². The average molecular weight is 324 g/mol. The van der Waals surface area contributed by atoms with Gasteiger partial charge in [0.2, 0.25) is 0 Å². The van der Waals surface area contributed by atoms with Crippen LogP contribution < -0.4 is 11.2 Å². The van der Waals surface area contributed by atoms with E-state index in [0.29, 0.717) is 16.7 Å². The zero-order valence-electron chi connectivity index (χ0n) is 12.3. The third-order valence-corrected chi connectivity index (χ3v) is 3.65. The van der Waals surface area contributed by atoms with Crippen LogP contribution in [0.25, 0.3) is 33.3 Å². The summed E-state index contributed by atoms with van der Waals surface area (Å²) in [5.74, 6) is -0.373. The molecule has 0 saturated carbocycles. The highest BCUT2D eigenvalue weighted by molar-refractivity contribution is 5.99. The third-order valence-electron chi connectivity index (χ3n) is 3.65. The van der Waals surface area contributed by atoms with E-state index in [1.54, 1.807) is 17.9 Å². The van der Waals surface area contributed by atoms with E-state index in [-0.39, 0.29) is 12.4 Å². The van der Waals surface area contributed by atoms with Crippen molar-refractivity contribution in [3.63, 3.8) is 0 Å². The highest BCUT2D eigenvalue weighted by Gasteiger charge is 2.19. The van der Waals surface area contributed by atoms with Crippen molar-refractivity contribution >= 4 is 33.8 Å². The fourth-order valence-corrected chi connectivity index (χ4v) is 2.58. The van der Waals surface area contributed by atoms with Gasteiger partial charge in [-0.3, -0.25) is 10.0 Å². The summed E-state index contributed by atoms with van der Waals surface area (Å²) in [6.07, 6.45) is 4.74. The lowest BCUT2D eigenvalue weighted by Crippen LogP contribution is -2.24. The number of nitrogens with two attached hydrogens (primary N) is 1. The maximum atomic E-state index is 11.5. The molecular weight excluding hydrogens is 312 g/mol. The van der Waals surface area contributed by atoms with Crippen molar-refractivity contribution in [1.29, 1.82) is 0 Å². The molecule has 10 nitrogen and oxygen atoms in total. The van der Waals surface area contributed by atoms with Crippen LogP contribution >= 0.6 is 0 Å². The number of amides is 1. The second kappa shape index (κ2) is 5.28. The molecule has 0 aliphatic carbocycles. The molecule has 0 unspecified atom stereocenters. The molecule has 0 spiro atoms. The number of nitrogens with one attached hydrogen (secondary N) is 2. The number of H-pyrrole nitrogens is 1. The Bertz CT molecular complexity index is 1070. The Morgan fingerprint density at radius 2 is 2.25 bits per heavy atom. The molecule has 4 heterocycles. The zero-order valence-corrected chi connectivity index (χ0v) is 12.3. The Morgan fingerprint density at radius 3 is 3.08 bits per heavy atom. The van der Waals surface area contributed by atoms with Crippen molar-refractivity contribution < 1.29 is 10.0 Å². The fourth-order valence-electron chi connectivity index (χ4n) is 2.58. The van der Waals surface area contributed by atoms with E-state index in [9.17, 15) is 4.79 Å². The molecule has 120 valence electrons. The molecule has 0 bridgehead atoms. The molecular formula is C14H12N8O2. The molecule has 0 aliphatic rings. The number of nitrogen functional groups attached to an aromatic ring is 1. The van der Waals surface area contributed by atoms with Crippen LogP contribution in [0.1, 0.15) is 0 Å². The van der Waals surface area contributed by atoms with Gasteiger partial charge in [-0.1, -0.05) is 0 Å². The highest BCUT2D eigenvalue weighted by atomic mass is 16.5. The van der Waals surface area contributed by atoms with Crippen molar-refractivity contribution in [3.05, 3.63) is 30.9 Å². The molecule has 0 fully saturated rings. The zero-order chi connectivity index (χ0) is 16.7. The number of carbonyl (C=O) groups is 1. The van der Waals surface area contributed by atoms with Crippen LogP contribution in [0.4, 0.5) is 5.82 Å². The first-order valence-corrected chi connectivity index (χ1v) is 7.01. The van der Waals surface area contributed by atoms with E-state index >= 15 is 0 Å². The van der Waals surface area contributed by atoms with Gasteiger partial charge in [0.15, 0.2) is 5.65 Å². The number of hydrogen-bond donors (Lipinski definition) is 4. The smallest absolute Gasteiger partial charge is 0.265 e. The van der Waals surface area contributed by atoms with E-state index in [4.69, 9.17) is 10.9 Å². The van der Waals surface area contributed by atoms with Gasteiger partial charge in [0.05, 0.1) is 5.39 Å². The first kappa shape index (κ1) is 14.1. The second-order valence-corrected chi connectivity index (χ2v) is 5.14. The monoisotopic (exact) mass is 324 g/mol. The van der Waals surface area contributed by atoms with Crippen molar-refractivity contribution in [3.8, 4) is 11.3 Å². The number of aromatic amines is 1. The summed E-state index contributed by atoms with van der Waals surface area (Å²) in [6, 6.07) is 3.80. The number of pyridine rings is 1. The lowest BCUT2D eigenvalue weighted by atomic mass is 10.1. The number of anilines is 1. The Balaban J connectivity index is 1.95. The number of hydroxylamine groups is 1. The summed E-state index contributed by atoms with van der Waals surface area (Å²) in [5, 5.41) is 14.6. The van der Waals surface area contributed by atoms with Crippen molar-refractivity contribution in [2.75, 3.05) is 5.73 Å². The summed E-state index contributed by atoms with van der Waals surface area (Å²) in [7, 11) is 0. The largest absolute Gasteiger partial charge is 0.383 e. The minimum absolute atomic E-state index is 0.205. The number of rotatable bonds is 3. The molecule has 4 rings (SSSR count). The molecule has 10 heteroatoms. The molecule has 0 aromatic carbocycles. The SMILES string of the molecule is Nc1ncnc2c1c(-c1cnc3[nH]ccc3c1)nn2CC(=O)NO. The van der Waals surface area contributed by atoms with E-state index in [1.165, 1.54) is 11.0 Å². The lowest BCUT2D eigenvalue weighted by molar-refractivity contribution is -0.129. The van der Waals surface area contributed by atoms with Gasteiger partial charge in [0.1, 0.15) is 30.0 Å². The predicted octanol–water partition coefficient (Wildman–Crippen LogP) is 0.457. The van der Waals surface area contributed by atoms with Gasteiger partial charge in [0, 0.05) is 23.3 Å². The Hall–Kier alpha value is -3.53. The van der Waals surface area contributed by atoms with Gasteiger partial charge in [-0.2, -0.15) is 5.10 Å². The van der Waals surface area contributed by atoms with Crippen LogP contribution in [0, 0.1) is 0 Å². The molecule has 4 aromatic heterocycles. The minimum Gasteiger partial charge on any atom is -0.383 e. The van der Waals surface area contributed by atoms with Crippen molar-refractivity contribution in [1.82, 2.24) is 35.2 Å². The predicted molar refractivity (Wildman–Crippen MR) is 84.8 cm³/mol. The topological polar surface area (TPSA) is 148 Å². The molecule has 0 atom stereocenters. The maximum absolute atomic E-state index is 11.5. The molecule has 0 aliphatic heterocycles. The molecule has 0 radical (unpaired) electrons. The van der Waals surface area contributed by atoms with Gasteiger partial charge in [-0.25, -0.2) is 25.1 Å². The molecule has 1 amide bonds. The first-order chi connectivity index (χ1) is 11.7. The summed E-state index contributed by atoms with van der Waals surface area (Å²) in [6.45, 7) is -0.205. The maximum Gasteiger partial charge on any atom is 0.265 e. The second-order valence-electron chi connectivity index (χ2n) is 5.14. The van der Waals surface area contributed by atoms with E-state index in [2.05, 4.69) is 25.0 Å². The third kappa shape index (κ3) is 2.13.